The predicted octanol–water partition coefficient (Wildman–Crippen LogP) is 0.145. The van der Waals surface area contributed by atoms with Crippen molar-refractivity contribution in [3.05, 3.63) is 0 Å². The van der Waals surface area contributed by atoms with Gasteiger partial charge < -0.3 is 0 Å². The Morgan fingerprint density at radius 3 is 3.00 bits per heavy atom. The van der Waals surface area contributed by atoms with E-state index in [2.05, 4.69) is 9.78 Å². The minimum absolute atomic E-state index is 0.263. The molecule has 9 heavy (non-hydrogen) atoms. The second-order valence-corrected chi connectivity index (χ2v) is 1.01. The molecule has 0 saturated heterocycles. The summed E-state index contributed by atoms with van der Waals surface area (Å²) < 4.78 is 0. The largest absolute Gasteiger partial charge is 0.451 e. The smallest absolute Gasteiger partial charge is 0.275 e. The van der Waals surface area contributed by atoms with E-state index in [9.17, 15) is 4.79 Å². The Morgan fingerprint density at radius 1 is 1.89 bits per heavy atom. The molecule has 1 N–H and O–H groups in total. The highest BCUT2D eigenvalue weighted by Crippen LogP contribution is 1.76. The van der Waals surface area contributed by atoms with E-state index in [1.54, 1.807) is 12.2 Å². The number of carbonyl (C=O) groups is 1. The molecule has 0 aliphatic rings. The van der Waals surface area contributed by atoms with Gasteiger partial charge in [0.25, 0.3) is 0 Å². The fourth-order valence-corrected chi connectivity index (χ4v) is 0.179. The molecular formula is C4H6N2O3. The molecule has 0 heterocycles. The fourth-order valence-electron chi connectivity index (χ4n) is 0.179. The zero-order valence-electron chi connectivity index (χ0n) is 4.88. The first-order valence-electron chi connectivity index (χ1n) is 2.29. The van der Waals surface area contributed by atoms with E-state index in [0.29, 0.717) is 0 Å². The number of amides is 1. The van der Waals surface area contributed by atoms with Crippen molar-refractivity contribution in [2.45, 2.75) is 6.92 Å². The summed E-state index contributed by atoms with van der Waals surface area (Å²) in [5.74, 6) is 0. The summed E-state index contributed by atoms with van der Waals surface area (Å²) in [6.07, 6.45) is 0.468. The number of nitrogens with one attached hydrogen (secondary N) is 1. The summed E-state index contributed by atoms with van der Waals surface area (Å²) in [5.41, 5.74) is 0. The molecule has 0 aliphatic heterocycles. The van der Waals surface area contributed by atoms with Crippen LogP contribution in [0.5, 0.6) is 0 Å². The van der Waals surface area contributed by atoms with Crippen LogP contribution in [0.25, 0.3) is 0 Å². The predicted molar refractivity (Wildman–Crippen MR) is 26.9 cm³/mol. The van der Waals surface area contributed by atoms with Crippen LogP contribution in [0.15, 0.2) is 0 Å². The van der Waals surface area contributed by atoms with Crippen LogP contribution in [0.1, 0.15) is 6.92 Å². The Bertz CT molecular complexity index is 128. The van der Waals surface area contributed by atoms with Crippen molar-refractivity contribution in [1.29, 1.82) is 5.26 Å². The maximum absolute atomic E-state index is 10.1. The topological polar surface area (TPSA) is 71.3 Å². The van der Waals surface area contributed by atoms with E-state index >= 15 is 0 Å². The third kappa shape index (κ3) is 4.58. The minimum Gasteiger partial charge on any atom is -0.275 e. The van der Waals surface area contributed by atoms with Crippen molar-refractivity contribution in [2.24, 2.45) is 0 Å². The molecule has 0 aliphatic carbocycles. The standard InChI is InChI=1S/C4H6N2O3/c1-2-8-9-4(7)6-3-5/h2H2,1H3,(H,6,7). The maximum Gasteiger partial charge on any atom is 0.451 e. The van der Waals surface area contributed by atoms with Crippen LogP contribution in [-0.4, -0.2) is 12.7 Å². The molecule has 0 aromatic carbocycles. The van der Waals surface area contributed by atoms with Crippen LogP contribution < -0.4 is 5.32 Å². The van der Waals surface area contributed by atoms with Crippen molar-refractivity contribution < 1.29 is 14.6 Å². The molecule has 0 atom stereocenters. The molecule has 0 aromatic rings. The summed E-state index contributed by atoms with van der Waals surface area (Å²) in [4.78, 5) is 18.3. The Labute approximate surface area is 52.1 Å². The number of nitrogens with zero attached hydrogens (tertiary/aromatic N) is 1. The van der Waals surface area contributed by atoms with Crippen molar-refractivity contribution in [2.75, 3.05) is 6.61 Å². The van der Waals surface area contributed by atoms with Gasteiger partial charge in [0.15, 0.2) is 6.19 Å². The highest BCUT2D eigenvalue weighted by atomic mass is 17.2. The van der Waals surface area contributed by atoms with Gasteiger partial charge in [0.1, 0.15) is 0 Å². The van der Waals surface area contributed by atoms with Crippen LogP contribution >= 0.6 is 0 Å². The van der Waals surface area contributed by atoms with E-state index in [1.807, 2.05) is 0 Å². The minimum atomic E-state index is -0.903. The lowest BCUT2D eigenvalue weighted by Gasteiger charge is -1.95. The van der Waals surface area contributed by atoms with Gasteiger partial charge in [0.2, 0.25) is 0 Å². The van der Waals surface area contributed by atoms with E-state index in [4.69, 9.17) is 5.26 Å². The number of hydrogen-bond donors (Lipinski definition) is 1. The summed E-state index contributed by atoms with van der Waals surface area (Å²) >= 11 is 0. The van der Waals surface area contributed by atoms with Crippen molar-refractivity contribution in [3.63, 3.8) is 0 Å². The quantitative estimate of drug-likeness (QED) is 0.250. The Balaban J connectivity index is 3.19. The van der Waals surface area contributed by atoms with Gasteiger partial charge in [-0.15, -0.1) is 0 Å². The molecule has 0 rings (SSSR count). The Hall–Kier alpha value is -1.28. The first kappa shape index (κ1) is 7.72. The monoisotopic (exact) mass is 130 g/mol. The van der Waals surface area contributed by atoms with Gasteiger partial charge in [0.05, 0.1) is 6.61 Å². The molecule has 0 saturated carbocycles. The number of carbonyl (C=O) groups excluding carboxylic acids is 1. The van der Waals surface area contributed by atoms with E-state index in [-0.39, 0.29) is 6.61 Å². The van der Waals surface area contributed by atoms with E-state index < -0.39 is 6.09 Å². The van der Waals surface area contributed by atoms with Crippen LogP contribution in [0.4, 0.5) is 4.79 Å². The third-order valence-electron chi connectivity index (χ3n) is 0.410. The lowest BCUT2D eigenvalue weighted by atomic mass is 10.9. The molecule has 0 fully saturated rings. The van der Waals surface area contributed by atoms with E-state index in [1.165, 1.54) is 6.19 Å². The fraction of sp³-hybridized carbons (Fsp3) is 0.500. The number of rotatable bonds is 2. The molecule has 0 aromatic heterocycles. The average molecular weight is 130 g/mol. The highest BCUT2D eigenvalue weighted by molar-refractivity contribution is 5.68. The average Bonchev–Trinajstić information content (AvgIpc) is 1.85. The van der Waals surface area contributed by atoms with Gasteiger partial charge in [-0.3, -0.25) is 4.89 Å². The Kier molecular flexibility index (Phi) is 4.18. The van der Waals surface area contributed by atoms with Crippen molar-refractivity contribution >= 4 is 6.09 Å². The molecule has 5 nitrogen and oxygen atoms in total. The zero-order chi connectivity index (χ0) is 7.11. The second kappa shape index (κ2) is 4.87. The van der Waals surface area contributed by atoms with Crippen LogP contribution in [0, 0.1) is 11.5 Å². The Morgan fingerprint density at radius 2 is 2.56 bits per heavy atom. The van der Waals surface area contributed by atoms with Crippen molar-refractivity contribution in [1.82, 2.24) is 5.32 Å². The van der Waals surface area contributed by atoms with Gasteiger partial charge in [-0.2, -0.15) is 10.1 Å². The van der Waals surface area contributed by atoms with Crippen LogP contribution in [0.2, 0.25) is 0 Å². The first-order valence-corrected chi connectivity index (χ1v) is 2.29. The summed E-state index contributed by atoms with van der Waals surface area (Å²) in [6.45, 7) is 1.92. The van der Waals surface area contributed by atoms with Crippen LogP contribution in [0.3, 0.4) is 0 Å². The van der Waals surface area contributed by atoms with Crippen LogP contribution in [-0.2, 0) is 9.78 Å². The summed E-state index contributed by atoms with van der Waals surface area (Å²) in [7, 11) is 0. The van der Waals surface area contributed by atoms with E-state index in [0.717, 1.165) is 0 Å². The van der Waals surface area contributed by atoms with Gasteiger partial charge in [-0.25, -0.2) is 10.1 Å². The second-order valence-electron chi connectivity index (χ2n) is 1.01. The lowest BCUT2D eigenvalue weighted by Crippen LogP contribution is -2.18. The molecule has 0 radical (unpaired) electrons. The molecule has 0 spiro atoms. The molecule has 0 bridgehead atoms. The molecular weight excluding hydrogens is 124 g/mol. The molecule has 50 valence electrons. The zero-order valence-corrected chi connectivity index (χ0v) is 4.88. The van der Waals surface area contributed by atoms with Gasteiger partial charge in [0, 0.05) is 0 Å². The normalized spacial score (nSPS) is 7.56. The number of nitriles is 1. The van der Waals surface area contributed by atoms with Gasteiger partial charge >= 0.3 is 6.09 Å². The molecule has 1 amide bonds. The first-order chi connectivity index (χ1) is 4.31. The van der Waals surface area contributed by atoms with Gasteiger partial charge in [-0.1, -0.05) is 0 Å². The summed E-state index contributed by atoms with van der Waals surface area (Å²) in [5, 5.41) is 9.52. The molecule has 5 heteroatoms. The molecule has 0 unspecified atom stereocenters. The van der Waals surface area contributed by atoms with Crippen molar-refractivity contribution in [3.8, 4) is 6.19 Å². The summed E-state index contributed by atoms with van der Waals surface area (Å²) in [6, 6.07) is 0. The maximum atomic E-state index is 10.1. The number of hydrogen-bond acceptors (Lipinski definition) is 4. The van der Waals surface area contributed by atoms with Gasteiger partial charge in [-0.05, 0) is 6.92 Å². The lowest BCUT2D eigenvalue weighted by molar-refractivity contribution is -0.233. The SMILES string of the molecule is CCOOC(=O)NC#N. The highest BCUT2D eigenvalue weighted by Gasteiger charge is 1.97. The third-order valence-corrected chi connectivity index (χ3v) is 0.410.